The van der Waals surface area contributed by atoms with Crippen molar-refractivity contribution in [2.24, 2.45) is 17.8 Å². The first-order valence-electron chi connectivity index (χ1n) is 9.12. The number of rotatable bonds is 2. The van der Waals surface area contributed by atoms with Crippen LogP contribution < -0.4 is 10.6 Å². The largest absolute Gasteiger partial charge is 0.341 e. The van der Waals surface area contributed by atoms with E-state index in [1.54, 1.807) is 4.90 Å². The Morgan fingerprint density at radius 1 is 1.21 bits per heavy atom. The van der Waals surface area contributed by atoms with Crippen molar-refractivity contribution in [2.45, 2.75) is 62.0 Å². The molecule has 0 aromatic heterocycles. The van der Waals surface area contributed by atoms with Crippen LogP contribution in [-0.4, -0.2) is 52.8 Å². The summed E-state index contributed by atoms with van der Waals surface area (Å²) in [6, 6.07) is 0.438. The maximum atomic E-state index is 13.7. The van der Waals surface area contributed by atoms with Crippen molar-refractivity contribution in [1.29, 1.82) is 0 Å². The van der Waals surface area contributed by atoms with Crippen molar-refractivity contribution < 1.29 is 14.0 Å². The van der Waals surface area contributed by atoms with Gasteiger partial charge in [-0.25, -0.2) is 4.39 Å². The number of fused-ring (bicyclic) bond motifs is 3. The lowest BCUT2D eigenvalue weighted by Crippen LogP contribution is -2.57. The summed E-state index contributed by atoms with van der Waals surface area (Å²) in [5.41, 5.74) is -0.0410. The van der Waals surface area contributed by atoms with Gasteiger partial charge in [-0.2, -0.15) is 0 Å². The molecule has 6 atom stereocenters. The highest BCUT2D eigenvalue weighted by Gasteiger charge is 2.48. The lowest BCUT2D eigenvalue weighted by atomic mass is 9.68. The van der Waals surface area contributed by atoms with Gasteiger partial charge in [-0.3, -0.25) is 14.9 Å². The third-order valence-electron chi connectivity index (χ3n) is 6.27. The number of carbonyl (C=O) groups excluding carboxylic acids is 2. The Hall–Kier alpha value is -0.820. The molecule has 0 aromatic rings. The predicted molar refractivity (Wildman–Crippen MR) is 90.9 cm³/mol. The lowest BCUT2D eigenvalue weighted by Gasteiger charge is -2.42. The fourth-order valence-electron chi connectivity index (χ4n) is 4.84. The number of carbonyl (C=O) groups is 2. The molecule has 0 aromatic carbocycles. The maximum absolute atomic E-state index is 13.7. The fraction of sp³-hybridized carbons (Fsp3) is 0.882. The summed E-state index contributed by atoms with van der Waals surface area (Å²) in [7, 11) is 0. The van der Waals surface area contributed by atoms with Crippen LogP contribution in [0.3, 0.4) is 0 Å². The van der Waals surface area contributed by atoms with Crippen LogP contribution in [-0.2, 0) is 9.59 Å². The normalized spacial score (nSPS) is 42.0. The van der Waals surface area contributed by atoms with Crippen molar-refractivity contribution in [3.05, 3.63) is 0 Å². The Kier molecular flexibility index (Phi) is 4.49. The molecule has 24 heavy (non-hydrogen) atoms. The van der Waals surface area contributed by atoms with E-state index in [-0.39, 0.29) is 23.2 Å². The SMILES string of the molecule is CC(=O)N1CC(C(=O)NC2NC3CCC4CC(F)CCC4C3S2)C1. The molecule has 2 saturated carbocycles. The summed E-state index contributed by atoms with van der Waals surface area (Å²) in [4.78, 5) is 25.2. The molecule has 0 spiro atoms. The molecule has 2 heterocycles. The quantitative estimate of drug-likeness (QED) is 0.788. The van der Waals surface area contributed by atoms with Crippen LogP contribution in [0.4, 0.5) is 4.39 Å². The number of hydrogen-bond acceptors (Lipinski definition) is 4. The topological polar surface area (TPSA) is 61.4 Å². The summed E-state index contributed by atoms with van der Waals surface area (Å²) in [6.45, 7) is 2.61. The molecule has 4 aliphatic rings. The third-order valence-corrected chi connectivity index (χ3v) is 7.79. The number of likely N-dealkylation sites (tertiary alicyclic amines) is 1. The molecule has 0 bridgehead atoms. The first kappa shape index (κ1) is 16.6. The molecule has 2 aliphatic heterocycles. The highest BCUT2D eigenvalue weighted by Crippen LogP contribution is 2.48. The van der Waals surface area contributed by atoms with Crippen molar-refractivity contribution in [1.82, 2.24) is 15.5 Å². The zero-order valence-corrected chi connectivity index (χ0v) is 14.9. The standard InChI is InChI=1S/C17H26FN3O2S/c1-9(22)21-7-11(8-21)16(23)20-17-19-14-5-2-10-6-12(18)3-4-13(10)15(14)24-17/h10-15,17,19H,2-8H2,1H3,(H,20,23). The molecule has 0 radical (unpaired) electrons. The van der Waals surface area contributed by atoms with Gasteiger partial charge in [0.15, 0.2) is 0 Å². The summed E-state index contributed by atoms with van der Waals surface area (Å²) in [5, 5.41) is 7.16. The smallest absolute Gasteiger partial charge is 0.228 e. The number of nitrogens with one attached hydrogen (secondary N) is 2. The molecular weight excluding hydrogens is 329 g/mol. The lowest BCUT2D eigenvalue weighted by molar-refractivity contribution is -0.141. The number of thioether (sulfide) groups is 1. The van der Waals surface area contributed by atoms with Crippen LogP contribution in [0.15, 0.2) is 0 Å². The van der Waals surface area contributed by atoms with Gasteiger partial charge in [-0.05, 0) is 43.9 Å². The Balaban J connectivity index is 1.30. The average Bonchev–Trinajstić information content (AvgIpc) is 2.87. The van der Waals surface area contributed by atoms with Crippen LogP contribution in [0.1, 0.15) is 39.0 Å². The van der Waals surface area contributed by atoms with E-state index in [9.17, 15) is 14.0 Å². The zero-order chi connectivity index (χ0) is 16.8. The van der Waals surface area contributed by atoms with E-state index in [1.165, 1.54) is 6.92 Å². The third kappa shape index (κ3) is 3.05. The first-order chi connectivity index (χ1) is 11.5. The molecule has 4 fully saturated rings. The molecule has 7 heteroatoms. The first-order valence-corrected chi connectivity index (χ1v) is 10.1. The predicted octanol–water partition coefficient (Wildman–Crippen LogP) is 1.49. The van der Waals surface area contributed by atoms with Crippen molar-refractivity contribution in [2.75, 3.05) is 13.1 Å². The zero-order valence-electron chi connectivity index (χ0n) is 14.0. The van der Waals surface area contributed by atoms with Crippen LogP contribution in [0, 0.1) is 17.8 Å². The summed E-state index contributed by atoms with van der Waals surface area (Å²) in [6.07, 6.45) is 3.99. The second-order valence-electron chi connectivity index (χ2n) is 7.80. The van der Waals surface area contributed by atoms with E-state index < -0.39 is 6.17 Å². The Bertz CT molecular complexity index is 528. The van der Waals surface area contributed by atoms with Gasteiger partial charge in [0.1, 0.15) is 11.7 Å². The summed E-state index contributed by atoms with van der Waals surface area (Å²) >= 11 is 1.82. The fourth-order valence-corrected chi connectivity index (χ4v) is 6.56. The highest BCUT2D eigenvalue weighted by atomic mass is 32.2. The monoisotopic (exact) mass is 355 g/mol. The Morgan fingerprint density at radius 2 is 2.00 bits per heavy atom. The number of nitrogens with zero attached hydrogens (tertiary/aromatic N) is 1. The minimum absolute atomic E-state index is 0.0351. The van der Waals surface area contributed by atoms with E-state index in [2.05, 4.69) is 10.6 Å². The van der Waals surface area contributed by atoms with Crippen LogP contribution in [0.2, 0.25) is 0 Å². The molecule has 134 valence electrons. The minimum atomic E-state index is -0.611. The van der Waals surface area contributed by atoms with Crippen molar-refractivity contribution >= 4 is 23.6 Å². The molecule has 5 nitrogen and oxygen atoms in total. The van der Waals surface area contributed by atoms with E-state index >= 15 is 0 Å². The van der Waals surface area contributed by atoms with E-state index in [4.69, 9.17) is 0 Å². The van der Waals surface area contributed by atoms with Crippen LogP contribution >= 0.6 is 11.8 Å². The molecule has 2 amide bonds. The van der Waals surface area contributed by atoms with Gasteiger partial charge in [0.05, 0.1) is 5.92 Å². The van der Waals surface area contributed by atoms with E-state index in [0.717, 1.165) is 25.7 Å². The van der Waals surface area contributed by atoms with Crippen LogP contribution in [0.5, 0.6) is 0 Å². The highest BCUT2D eigenvalue weighted by molar-refractivity contribution is 8.00. The molecule has 2 N–H and O–H groups in total. The Morgan fingerprint density at radius 3 is 2.75 bits per heavy atom. The number of hydrogen-bond donors (Lipinski definition) is 2. The molecular formula is C17H26FN3O2S. The average molecular weight is 355 g/mol. The summed E-state index contributed by atoms with van der Waals surface area (Å²) in [5.74, 6) is 1.11. The van der Waals surface area contributed by atoms with Gasteiger partial charge >= 0.3 is 0 Å². The van der Waals surface area contributed by atoms with Gasteiger partial charge < -0.3 is 10.2 Å². The number of alkyl halides is 1. The minimum Gasteiger partial charge on any atom is -0.341 e. The second-order valence-corrected chi connectivity index (χ2v) is 9.08. The number of halogens is 1. The van der Waals surface area contributed by atoms with Gasteiger partial charge in [-0.15, -0.1) is 11.8 Å². The van der Waals surface area contributed by atoms with Gasteiger partial charge in [0.2, 0.25) is 11.8 Å². The van der Waals surface area contributed by atoms with Crippen molar-refractivity contribution in [3.8, 4) is 0 Å². The molecule has 2 saturated heterocycles. The molecule has 6 unspecified atom stereocenters. The summed E-state index contributed by atoms with van der Waals surface area (Å²) < 4.78 is 13.7. The van der Waals surface area contributed by atoms with E-state index in [0.29, 0.717) is 42.6 Å². The molecule has 2 aliphatic carbocycles. The Labute approximate surface area is 146 Å². The maximum Gasteiger partial charge on any atom is 0.228 e. The van der Waals surface area contributed by atoms with Gasteiger partial charge in [-0.1, -0.05) is 0 Å². The second kappa shape index (κ2) is 6.48. The number of amides is 2. The molecule has 4 rings (SSSR count). The van der Waals surface area contributed by atoms with Crippen molar-refractivity contribution in [3.63, 3.8) is 0 Å². The van der Waals surface area contributed by atoms with Crippen LogP contribution in [0.25, 0.3) is 0 Å². The van der Waals surface area contributed by atoms with Gasteiger partial charge in [0.25, 0.3) is 0 Å². The van der Waals surface area contributed by atoms with E-state index in [1.807, 2.05) is 11.8 Å². The van der Waals surface area contributed by atoms with Gasteiger partial charge in [0, 0.05) is 31.3 Å².